The molecular formula is C32H44ClFN4O4. The minimum Gasteiger partial charge on any atom is -0.484 e. The van der Waals surface area contributed by atoms with Crippen molar-refractivity contribution >= 4 is 23.4 Å². The second-order valence-corrected chi connectivity index (χ2v) is 13.3. The van der Waals surface area contributed by atoms with Gasteiger partial charge >= 0.3 is 0 Å². The predicted molar refractivity (Wildman–Crippen MR) is 159 cm³/mol. The van der Waals surface area contributed by atoms with E-state index >= 15 is 0 Å². The number of nitrogens with zero attached hydrogens (tertiary/aromatic N) is 2. The van der Waals surface area contributed by atoms with E-state index in [1.54, 1.807) is 0 Å². The van der Waals surface area contributed by atoms with Crippen LogP contribution in [0.3, 0.4) is 0 Å². The number of benzene rings is 1. The van der Waals surface area contributed by atoms with Crippen LogP contribution in [-0.4, -0.2) is 50.8 Å². The molecule has 6 atom stereocenters. The van der Waals surface area contributed by atoms with Gasteiger partial charge in [-0.15, -0.1) is 0 Å². The number of rotatable bonds is 10. The van der Waals surface area contributed by atoms with Crippen LogP contribution in [0.5, 0.6) is 5.75 Å². The first-order valence-electron chi connectivity index (χ1n) is 15.5. The Kier molecular flexibility index (Phi) is 9.19. The topological polar surface area (TPSA) is 105 Å². The number of nitrogens with one attached hydrogen (secondary N) is 2. The zero-order valence-electron chi connectivity index (χ0n) is 24.9. The van der Waals surface area contributed by atoms with Crippen molar-refractivity contribution in [3.05, 3.63) is 46.8 Å². The SMILES string of the molecule is CCCCC1(CC)CCC(C)c2nc(C(=O)NC34CCC(NC(=O)COc5ccc(Cl)c(F)c5)C(CC(O)C3)C4)cn21. The van der Waals surface area contributed by atoms with Gasteiger partial charge < -0.3 is 25.0 Å². The number of hydrogen-bond acceptors (Lipinski definition) is 5. The van der Waals surface area contributed by atoms with Gasteiger partial charge in [-0.05, 0) is 75.8 Å². The average molecular weight is 603 g/mol. The maximum absolute atomic E-state index is 13.7. The van der Waals surface area contributed by atoms with Crippen LogP contribution < -0.4 is 15.4 Å². The zero-order valence-corrected chi connectivity index (χ0v) is 25.7. The number of amides is 2. The van der Waals surface area contributed by atoms with Crippen LogP contribution in [0, 0.1) is 11.7 Å². The summed E-state index contributed by atoms with van der Waals surface area (Å²) in [6.45, 7) is 6.38. The summed E-state index contributed by atoms with van der Waals surface area (Å²) in [7, 11) is 0. The predicted octanol–water partition coefficient (Wildman–Crippen LogP) is 5.86. The Morgan fingerprint density at radius 1 is 1.24 bits per heavy atom. The molecule has 1 aromatic carbocycles. The highest BCUT2D eigenvalue weighted by Crippen LogP contribution is 2.45. The van der Waals surface area contributed by atoms with Gasteiger partial charge in [-0.1, -0.05) is 45.2 Å². The van der Waals surface area contributed by atoms with Crippen LogP contribution in [0.2, 0.25) is 5.02 Å². The fraction of sp³-hybridized carbons (Fsp3) is 0.656. The Morgan fingerprint density at radius 2 is 2.05 bits per heavy atom. The molecule has 0 saturated heterocycles. The molecule has 2 aromatic rings. The number of fused-ring (bicyclic) bond motifs is 3. The maximum Gasteiger partial charge on any atom is 0.271 e. The highest BCUT2D eigenvalue weighted by Gasteiger charge is 2.48. The van der Waals surface area contributed by atoms with E-state index < -0.39 is 17.5 Å². The van der Waals surface area contributed by atoms with Crippen LogP contribution in [0.25, 0.3) is 0 Å². The van der Waals surface area contributed by atoms with E-state index in [-0.39, 0.29) is 46.7 Å². The van der Waals surface area contributed by atoms with Crippen molar-refractivity contribution in [1.82, 2.24) is 20.2 Å². The monoisotopic (exact) mass is 602 g/mol. The number of carbonyl (C=O) groups excluding carboxylic acids is 2. The molecule has 2 saturated carbocycles. The summed E-state index contributed by atoms with van der Waals surface area (Å²) in [6.07, 6.45) is 11.0. The van der Waals surface area contributed by atoms with E-state index in [2.05, 4.69) is 36.0 Å². The van der Waals surface area contributed by atoms with Crippen molar-refractivity contribution in [2.45, 2.75) is 121 Å². The van der Waals surface area contributed by atoms with Crippen molar-refractivity contribution in [2.24, 2.45) is 5.92 Å². The van der Waals surface area contributed by atoms with Gasteiger partial charge in [0.05, 0.1) is 11.1 Å². The van der Waals surface area contributed by atoms with E-state index in [1.807, 2.05) is 6.20 Å². The van der Waals surface area contributed by atoms with Gasteiger partial charge in [0.1, 0.15) is 23.1 Å². The molecule has 3 aliphatic rings. The third-order valence-electron chi connectivity index (χ3n) is 9.96. The summed E-state index contributed by atoms with van der Waals surface area (Å²) >= 11 is 5.71. The van der Waals surface area contributed by atoms with E-state index in [4.69, 9.17) is 21.3 Å². The van der Waals surface area contributed by atoms with Crippen molar-refractivity contribution in [3.63, 3.8) is 0 Å². The first-order valence-corrected chi connectivity index (χ1v) is 15.9. The summed E-state index contributed by atoms with van der Waals surface area (Å²) in [5.74, 6) is 0.421. The molecular weight excluding hydrogens is 559 g/mol. The lowest BCUT2D eigenvalue weighted by Crippen LogP contribution is -2.61. The maximum atomic E-state index is 13.7. The quantitative estimate of drug-likeness (QED) is 0.316. The highest BCUT2D eigenvalue weighted by atomic mass is 35.5. The summed E-state index contributed by atoms with van der Waals surface area (Å²) in [5.41, 5.74) is -0.0851. The number of hydrogen-bond donors (Lipinski definition) is 3. The van der Waals surface area contributed by atoms with Crippen LogP contribution in [0.4, 0.5) is 4.39 Å². The number of imidazole rings is 1. The van der Waals surface area contributed by atoms with Crippen molar-refractivity contribution in [2.75, 3.05) is 6.61 Å². The van der Waals surface area contributed by atoms with E-state index in [9.17, 15) is 19.1 Å². The Labute approximate surface area is 252 Å². The number of aliphatic hydroxyl groups excluding tert-OH is 1. The molecule has 2 amide bonds. The normalized spacial score (nSPS) is 30.3. The van der Waals surface area contributed by atoms with Gasteiger partial charge in [-0.2, -0.15) is 0 Å². The Morgan fingerprint density at radius 3 is 2.79 bits per heavy atom. The van der Waals surface area contributed by atoms with Crippen LogP contribution >= 0.6 is 11.6 Å². The van der Waals surface area contributed by atoms with E-state index in [0.29, 0.717) is 43.7 Å². The Bertz CT molecular complexity index is 1300. The van der Waals surface area contributed by atoms with Gasteiger partial charge in [-0.25, -0.2) is 9.37 Å². The Balaban J connectivity index is 1.24. The fourth-order valence-electron chi connectivity index (χ4n) is 7.60. The molecule has 0 radical (unpaired) electrons. The van der Waals surface area contributed by atoms with E-state index in [1.165, 1.54) is 12.1 Å². The lowest BCUT2D eigenvalue weighted by Gasteiger charge is -2.50. The molecule has 230 valence electrons. The summed E-state index contributed by atoms with van der Waals surface area (Å²) in [6, 6.07) is 3.90. The minimum atomic E-state index is -0.608. The number of aromatic nitrogens is 2. The molecule has 0 spiro atoms. The molecule has 2 fully saturated rings. The standard InChI is InChI=1S/C32H44ClFN4O4/c1-4-6-11-32(5-2)13-9-20(3)29-36-27(18-38(29)32)30(41)37-31-12-10-26(21(16-31)14-22(39)17-31)35-28(40)19-42-23-7-8-24(33)25(34)15-23/h7-8,15,18,20-22,26,39H,4-6,9-14,16-17,19H2,1-3H3,(H,35,40)(H,37,41). The van der Waals surface area contributed by atoms with Crippen LogP contribution in [0.15, 0.2) is 24.4 Å². The third-order valence-corrected chi connectivity index (χ3v) is 10.3. The van der Waals surface area contributed by atoms with Gasteiger partial charge in [-0.3, -0.25) is 9.59 Å². The lowest BCUT2D eigenvalue weighted by atomic mass is 9.64. The second kappa shape index (κ2) is 12.5. The smallest absolute Gasteiger partial charge is 0.271 e. The molecule has 2 heterocycles. The first-order chi connectivity index (χ1) is 20.1. The number of ether oxygens (including phenoxy) is 1. The molecule has 2 bridgehead atoms. The highest BCUT2D eigenvalue weighted by molar-refractivity contribution is 6.30. The molecule has 1 aromatic heterocycles. The van der Waals surface area contributed by atoms with E-state index in [0.717, 1.165) is 50.4 Å². The van der Waals surface area contributed by atoms with Crippen molar-refractivity contribution < 1.29 is 23.8 Å². The lowest BCUT2D eigenvalue weighted by molar-refractivity contribution is -0.125. The fourth-order valence-corrected chi connectivity index (χ4v) is 7.71. The Hall–Kier alpha value is -2.65. The average Bonchev–Trinajstić information content (AvgIpc) is 3.43. The number of halogens is 2. The largest absolute Gasteiger partial charge is 0.484 e. The zero-order chi connectivity index (χ0) is 30.1. The summed E-state index contributed by atoms with van der Waals surface area (Å²) < 4.78 is 21.4. The van der Waals surface area contributed by atoms with Gasteiger partial charge in [0.2, 0.25) is 0 Å². The molecule has 3 N–H and O–H groups in total. The molecule has 8 nitrogen and oxygen atoms in total. The molecule has 10 heteroatoms. The number of carbonyl (C=O) groups is 2. The second-order valence-electron chi connectivity index (χ2n) is 12.8. The molecule has 2 aliphatic carbocycles. The van der Waals surface area contributed by atoms with Crippen molar-refractivity contribution in [1.29, 1.82) is 0 Å². The van der Waals surface area contributed by atoms with Crippen LogP contribution in [-0.2, 0) is 10.3 Å². The first kappa shape index (κ1) is 30.8. The van der Waals surface area contributed by atoms with Crippen molar-refractivity contribution in [3.8, 4) is 5.75 Å². The molecule has 6 unspecified atom stereocenters. The molecule has 42 heavy (non-hydrogen) atoms. The van der Waals surface area contributed by atoms with Crippen LogP contribution in [0.1, 0.15) is 114 Å². The van der Waals surface area contributed by atoms with Gasteiger partial charge in [0.25, 0.3) is 11.8 Å². The minimum absolute atomic E-state index is 0.00942. The third kappa shape index (κ3) is 6.32. The number of unbranched alkanes of at least 4 members (excludes halogenated alkanes) is 1. The summed E-state index contributed by atoms with van der Waals surface area (Å²) in [5, 5.41) is 17.1. The van der Waals surface area contributed by atoms with Gasteiger partial charge in [0.15, 0.2) is 6.61 Å². The molecule has 5 rings (SSSR count). The molecule has 1 aliphatic heterocycles. The summed E-state index contributed by atoms with van der Waals surface area (Å²) in [4.78, 5) is 31.2. The van der Waals surface area contributed by atoms with Gasteiger partial charge in [0, 0.05) is 35.3 Å². The number of aliphatic hydroxyl groups is 1.